The summed E-state index contributed by atoms with van der Waals surface area (Å²) in [5.74, 6) is 1.31. The van der Waals surface area contributed by atoms with Crippen LogP contribution in [0.25, 0.3) is 0 Å². The lowest BCUT2D eigenvalue weighted by Crippen LogP contribution is -2.53. The summed E-state index contributed by atoms with van der Waals surface area (Å²) in [4.78, 5) is 25.5. The fourth-order valence-corrected chi connectivity index (χ4v) is 6.64. The standard InChI is InChI=1S/C24H36O3/c1-6-7-14-27-21(25)11-12-23(5)19(16(2)3)10-13-24-15-18(8-9-20(23)24)17(4)22(24)26/h18-20H,2,4,6-15H2,1,3,5H3/t18-,19-,20+,23-,24-/m1/s1. The summed E-state index contributed by atoms with van der Waals surface area (Å²) < 4.78 is 5.41. The first-order valence-electron chi connectivity index (χ1n) is 10.8. The minimum atomic E-state index is -0.229. The number of hydrogen-bond donors (Lipinski definition) is 0. The Bertz CT molecular complexity index is 648. The van der Waals surface area contributed by atoms with Crippen molar-refractivity contribution >= 4 is 11.8 Å². The van der Waals surface area contributed by atoms with E-state index in [9.17, 15) is 9.59 Å². The van der Waals surface area contributed by atoms with Crippen molar-refractivity contribution in [3.8, 4) is 0 Å². The van der Waals surface area contributed by atoms with Crippen LogP contribution in [0, 0.1) is 28.6 Å². The molecule has 0 radical (unpaired) electrons. The third kappa shape index (κ3) is 3.32. The van der Waals surface area contributed by atoms with Gasteiger partial charge in [0, 0.05) is 11.8 Å². The Morgan fingerprint density at radius 3 is 2.70 bits per heavy atom. The van der Waals surface area contributed by atoms with Crippen molar-refractivity contribution in [3.63, 3.8) is 0 Å². The predicted octanol–water partition coefficient (Wildman–Crippen LogP) is 5.64. The summed E-state index contributed by atoms with van der Waals surface area (Å²) in [5.41, 5.74) is 1.76. The number of ether oxygens (including phenoxy) is 1. The van der Waals surface area contributed by atoms with Crippen molar-refractivity contribution < 1.29 is 14.3 Å². The van der Waals surface area contributed by atoms with E-state index in [4.69, 9.17) is 4.74 Å². The predicted molar refractivity (Wildman–Crippen MR) is 108 cm³/mol. The van der Waals surface area contributed by atoms with Crippen LogP contribution in [-0.4, -0.2) is 18.4 Å². The van der Waals surface area contributed by atoms with Crippen LogP contribution >= 0.6 is 0 Å². The highest BCUT2D eigenvalue weighted by atomic mass is 16.5. The normalized spacial score (nSPS) is 37.8. The third-order valence-electron chi connectivity index (χ3n) is 8.01. The maximum Gasteiger partial charge on any atom is 0.305 e. The van der Waals surface area contributed by atoms with Gasteiger partial charge in [-0.3, -0.25) is 9.59 Å². The number of rotatable bonds is 7. The van der Waals surface area contributed by atoms with Crippen LogP contribution in [0.2, 0.25) is 0 Å². The Hall–Kier alpha value is -1.38. The molecular weight excluding hydrogens is 336 g/mol. The molecule has 3 heteroatoms. The van der Waals surface area contributed by atoms with Crippen LogP contribution < -0.4 is 0 Å². The minimum absolute atomic E-state index is 0.0703. The summed E-state index contributed by atoms with van der Waals surface area (Å²) >= 11 is 0. The summed E-state index contributed by atoms with van der Waals surface area (Å²) in [5, 5.41) is 0. The maximum atomic E-state index is 13.2. The number of allylic oxidation sites excluding steroid dienone is 2. The zero-order valence-electron chi connectivity index (χ0n) is 17.4. The molecule has 0 amide bonds. The molecule has 0 aromatic rings. The van der Waals surface area contributed by atoms with E-state index in [0.717, 1.165) is 56.9 Å². The lowest BCUT2D eigenvalue weighted by molar-refractivity contribution is -0.148. The molecule has 3 aliphatic rings. The van der Waals surface area contributed by atoms with E-state index in [1.807, 2.05) is 0 Å². The molecule has 0 saturated heterocycles. The summed E-state index contributed by atoms with van der Waals surface area (Å²) in [7, 11) is 0. The molecular formula is C24H36O3. The van der Waals surface area contributed by atoms with E-state index in [0.29, 0.717) is 36.6 Å². The van der Waals surface area contributed by atoms with Crippen LogP contribution in [-0.2, 0) is 14.3 Å². The molecule has 0 aromatic carbocycles. The van der Waals surface area contributed by atoms with Crippen molar-refractivity contribution in [1.82, 2.24) is 0 Å². The largest absolute Gasteiger partial charge is 0.466 e. The number of esters is 1. The van der Waals surface area contributed by atoms with E-state index in [1.165, 1.54) is 5.57 Å². The number of fused-ring (bicyclic) bond motifs is 1. The van der Waals surface area contributed by atoms with Crippen LogP contribution in [0.5, 0.6) is 0 Å². The second-order valence-corrected chi connectivity index (χ2v) is 9.56. The van der Waals surface area contributed by atoms with Gasteiger partial charge in [0.2, 0.25) is 0 Å². The summed E-state index contributed by atoms with van der Waals surface area (Å²) in [6.07, 6.45) is 8.24. The van der Waals surface area contributed by atoms with Crippen LogP contribution in [0.15, 0.2) is 24.3 Å². The molecule has 3 fully saturated rings. The Labute approximate surface area is 164 Å². The van der Waals surface area contributed by atoms with Gasteiger partial charge in [0.1, 0.15) is 0 Å². The number of hydrogen-bond acceptors (Lipinski definition) is 3. The molecule has 0 aliphatic heterocycles. The summed E-state index contributed by atoms with van der Waals surface area (Å²) in [6, 6.07) is 0. The molecule has 3 saturated carbocycles. The number of carbonyl (C=O) groups is 2. The van der Waals surface area contributed by atoms with Gasteiger partial charge in [0.05, 0.1) is 6.61 Å². The first-order chi connectivity index (χ1) is 12.8. The zero-order chi connectivity index (χ0) is 19.8. The van der Waals surface area contributed by atoms with Crippen LogP contribution in [0.1, 0.15) is 78.6 Å². The van der Waals surface area contributed by atoms with Gasteiger partial charge in [0.25, 0.3) is 0 Å². The van der Waals surface area contributed by atoms with E-state index in [-0.39, 0.29) is 16.8 Å². The molecule has 5 atom stereocenters. The average molecular weight is 373 g/mol. The van der Waals surface area contributed by atoms with Gasteiger partial charge in [-0.25, -0.2) is 0 Å². The number of carbonyl (C=O) groups excluding carboxylic acids is 2. The molecule has 2 bridgehead atoms. The zero-order valence-corrected chi connectivity index (χ0v) is 17.4. The first kappa shape index (κ1) is 20.4. The fraction of sp³-hybridized carbons (Fsp3) is 0.750. The highest BCUT2D eigenvalue weighted by Gasteiger charge is 2.64. The average Bonchev–Trinajstić information content (AvgIpc) is 2.81. The Balaban J connectivity index is 1.82. The Morgan fingerprint density at radius 1 is 1.30 bits per heavy atom. The molecule has 1 spiro atoms. The smallest absolute Gasteiger partial charge is 0.305 e. The number of ketones is 1. The lowest BCUT2D eigenvalue weighted by atomic mass is 9.46. The molecule has 0 heterocycles. The van der Waals surface area contributed by atoms with Crippen molar-refractivity contribution in [2.75, 3.05) is 6.61 Å². The molecule has 0 N–H and O–H groups in total. The van der Waals surface area contributed by atoms with Gasteiger partial charge in [0.15, 0.2) is 5.78 Å². The quantitative estimate of drug-likeness (QED) is 0.251. The second-order valence-electron chi connectivity index (χ2n) is 9.56. The van der Waals surface area contributed by atoms with Crippen molar-refractivity contribution in [3.05, 3.63) is 24.3 Å². The summed E-state index contributed by atoms with van der Waals surface area (Å²) in [6.45, 7) is 15.4. The minimum Gasteiger partial charge on any atom is -0.466 e. The van der Waals surface area contributed by atoms with Crippen LogP contribution in [0.3, 0.4) is 0 Å². The Morgan fingerprint density at radius 2 is 2.04 bits per heavy atom. The van der Waals surface area contributed by atoms with E-state index < -0.39 is 0 Å². The van der Waals surface area contributed by atoms with E-state index >= 15 is 0 Å². The monoisotopic (exact) mass is 372 g/mol. The van der Waals surface area contributed by atoms with Crippen LogP contribution in [0.4, 0.5) is 0 Å². The fourth-order valence-electron chi connectivity index (χ4n) is 6.64. The topological polar surface area (TPSA) is 43.4 Å². The van der Waals surface area contributed by atoms with Gasteiger partial charge in [-0.2, -0.15) is 0 Å². The molecule has 0 aromatic heterocycles. The highest BCUT2D eigenvalue weighted by Crippen LogP contribution is 2.67. The van der Waals surface area contributed by atoms with Gasteiger partial charge < -0.3 is 4.74 Å². The maximum absolute atomic E-state index is 13.2. The van der Waals surface area contributed by atoms with Gasteiger partial charge >= 0.3 is 5.97 Å². The van der Waals surface area contributed by atoms with Crippen molar-refractivity contribution in [2.24, 2.45) is 28.6 Å². The van der Waals surface area contributed by atoms with Gasteiger partial charge in [-0.05, 0) is 80.6 Å². The molecule has 3 nitrogen and oxygen atoms in total. The van der Waals surface area contributed by atoms with Crippen molar-refractivity contribution in [2.45, 2.75) is 78.6 Å². The molecule has 3 rings (SSSR count). The van der Waals surface area contributed by atoms with Gasteiger partial charge in [-0.1, -0.05) is 39.0 Å². The lowest BCUT2D eigenvalue weighted by Gasteiger charge is -2.57. The molecule has 3 aliphatic carbocycles. The van der Waals surface area contributed by atoms with E-state index in [2.05, 4.69) is 33.9 Å². The van der Waals surface area contributed by atoms with Crippen molar-refractivity contribution in [1.29, 1.82) is 0 Å². The van der Waals surface area contributed by atoms with E-state index in [1.54, 1.807) is 0 Å². The first-order valence-corrected chi connectivity index (χ1v) is 10.8. The Kier molecular flexibility index (Phi) is 5.70. The highest BCUT2D eigenvalue weighted by molar-refractivity contribution is 6.03. The molecule has 150 valence electrons. The SMILES string of the molecule is C=C1C(=O)[C@@]23CC[C@H](C(=C)C)[C@@](C)(CCC(=O)OCCCC)[C@@H]2CC[C@@H]1C3. The van der Waals surface area contributed by atoms with Gasteiger partial charge in [-0.15, -0.1) is 0 Å². The second kappa shape index (κ2) is 7.56. The third-order valence-corrected chi connectivity index (χ3v) is 8.01. The molecule has 0 unspecified atom stereocenters. The molecule has 27 heavy (non-hydrogen) atoms. The number of Topliss-reactive ketones (excluding diaryl/α,β-unsaturated/α-hetero) is 1. The number of unbranched alkanes of at least 4 members (excludes halogenated alkanes) is 1.